The van der Waals surface area contributed by atoms with Gasteiger partial charge in [0.25, 0.3) is 0 Å². The van der Waals surface area contributed by atoms with E-state index in [2.05, 4.69) is 79.7 Å². The standard InChI is InChI=1S/C37H56O2/c1-9-13-15-25(11-3)17-27-19-29-31(21-33(27)38)37(23-35(29,5)6)24-36(7,8)30-20-28(34(39)22-32(30)37)18-26(12-4)16-14-10-2/h19-22,25-26,38-39H,9-18,23-24H2,1-8H3. The monoisotopic (exact) mass is 532 g/mol. The van der Waals surface area contributed by atoms with Crippen molar-refractivity contribution in [3.8, 4) is 11.5 Å². The van der Waals surface area contributed by atoms with Crippen LogP contribution in [-0.2, 0) is 29.1 Å². The molecule has 0 heterocycles. The predicted octanol–water partition coefficient (Wildman–Crippen LogP) is 10.3. The Morgan fingerprint density at radius 1 is 0.615 bits per heavy atom. The summed E-state index contributed by atoms with van der Waals surface area (Å²) in [5.74, 6) is 2.18. The zero-order valence-corrected chi connectivity index (χ0v) is 26.3. The molecule has 0 saturated heterocycles. The van der Waals surface area contributed by atoms with E-state index in [1.165, 1.54) is 60.8 Å². The van der Waals surface area contributed by atoms with Crippen molar-refractivity contribution in [1.82, 2.24) is 0 Å². The Morgan fingerprint density at radius 2 is 1.00 bits per heavy atom. The first kappa shape index (κ1) is 30.0. The molecule has 216 valence electrons. The predicted molar refractivity (Wildman–Crippen MR) is 166 cm³/mol. The molecular weight excluding hydrogens is 476 g/mol. The van der Waals surface area contributed by atoms with Gasteiger partial charge in [0, 0.05) is 5.41 Å². The zero-order chi connectivity index (χ0) is 28.6. The SMILES string of the molecule is CCCCC(CC)Cc1cc2c(cc1O)C1(CC2(C)C)CC(C)(C)c2cc(CC(CC)CCCC)c(O)cc21. The molecule has 2 atom stereocenters. The highest BCUT2D eigenvalue weighted by atomic mass is 16.3. The number of phenols is 2. The summed E-state index contributed by atoms with van der Waals surface area (Å²) in [6.07, 6.45) is 13.7. The molecule has 2 aliphatic carbocycles. The highest BCUT2D eigenvalue weighted by Gasteiger charge is 2.56. The topological polar surface area (TPSA) is 40.5 Å². The summed E-state index contributed by atoms with van der Waals surface area (Å²) in [6.45, 7) is 18.6. The van der Waals surface area contributed by atoms with Gasteiger partial charge in [0.2, 0.25) is 0 Å². The van der Waals surface area contributed by atoms with Crippen molar-refractivity contribution in [2.45, 2.75) is 149 Å². The molecule has 39 heavy (non-hydrogen) atoms. The van der Waals surface area contributed by atoms with Gasteiger partial charge in [-0.3, -0.25) is 0 Å². The summed E-state index contributed by atoms with van der Waals surface area (Å²) in [5.41, 5.74) is 7.50. The van der Waals surface area contributed by atoms with Gasteiger partial charge in [0.05, 0.1) is 0 Å². The average molecular weight is 533 g/mol. The van der Waals surface area contributed by atoms with Crippen LogP contribution in [-0.4, -0.2) is 10.2 Å². The van der Waals surface area contributed by atoms with Crippen LogP contribution in [0, 0.1) is 11.8 Å². The summed E-state index contributed by atoms with van der Waals surface area (Å²) in [7, 11) is 0. The Bertz CT molecular complexity index is 1060. The van der Waals surface area contributed by atoms with E-state index in [1.807, 2.05) is 0 Å². The van der Waals surface area contributed by atoms with Gasteiger partial charge in [0.1, 0.15) is 11.5 Å². The van der Waals surface area contributed by atoms with Gasteiger partial charge < -0.3 is 10.2 Å². The van der Waals surface area contributed by atoms with Crippen molar-refractivity contribution >= 4 is 0 Å². The summed E-state index contributed by atoms with van der Waals surface area (Å²) in [6, 6.07) is 8.96. The molecule has 2 heteroatoms. The Balaban J connectivity index is 1.77. The molecule has 0 aliphatic heterocycles. The minimum absolute atomic E-state index is 0.0162. The Hall–Kier alpha value is -1.96. The second-order valence-electron chi connectivity index (χ2n) is 14.5. The summed E-state index contributed by atoms with van der Waals surface area (Å²) in [5, 5.41) is 22.8. The molecule has 0 radical (unpaired) electrons. The summed E-state index contributed by atoms with van der Waals surface area (Å²) >= 11 is 0. The summed E-state index contributed by atoms with van der Waals surface area (Å²) in [4.78, 5) is 0. The molecular formula is C37H56O2. The van der Waals surface area contributed by atoms with Gasteiger partial charge in [-0.15, -0.1) is 0 Å². The number of benzene rings is 2. The normalized spacial score (nSPS) is 22.2. The van der Waals surface area contributed by atoms with Gasteiger partial charge in [-0.05, 0) is 93.9 Å². The van der Waals surface area contributed by atoms with Crippen molar-refractivity contribution in [2.75, 3.05) is 0 Å². The van der Waals surface area contributed by atoms with Gasteiger partial charge in [-0.2, -0.15) is 0 Å². The third kappa shape index (κ3) is 5.64. The fraction of sp³-hybridized carbons (Fsp3) is 0.676. The Labute approximate surface area is 239 Å². The van der Waals surface area contributed by atoms with Gasteiger partial charge >= 0.3 is 0 Å². The van der Waals surface area contributed by atoms with Gasteiger partial charge in [-0.1, -0.05) is 119 Å². The second kappa shape index (κ2) is 11.5. The fourth-order valence-electron chi connectivity index (χ4n) is 8.30. The van der Waals surface area contributed by atoms with E-state index >= 15 is 0 Å². The lowest BCUT2D eigenvalue weighted by Crippen LogP contribution is -2.26. The van der Waals surface area contributed by atoms with Crippen molar-refractivity contribution in [2.24, 2.45) is 11.8 Å². The lowest BCUT2D eigenvalue weighted by Gasteiger charge is -2.30. The maximum absolute atomic E-state index is 11.4. The number of rotatable bonds is 12. The average Bonchev–Trinajstić information content (AvgIpc) is 3.23. The molecule has 2 nitrogen and oxygen atoms in total. The number of hydrogen-bond donors (Lipinski definition) is 2. The van der Waals surface area contributed by atoms with Crippen LogP contribution in [0.25, 0.3) is 0 Å². The lowest BCUT2D eigenvalue weighted by atomic mass is 9.72. The molecule has 0 saturated carbocycles. The molecule has 2 aromatic rings. The quantitative estimate of drug-likeness (QED) is 0.285. The largest absolute Gasteiger partial charge is 0.508 e. The third-order valence-corrected chi connectivity index (χ3v) is 10.5. The highest BCUT2D eigenvalue weighted by Crippen LogP contribution is 2.64. The van der Waals surface area contributed by atoms with Crippen LogP contribution in [0.5, 0.6) is 11.5 Å². The Kier molecular flexibility index (Phi) is 8.85. The third-order valence-electron chi connectivity index (χ3n) is 10.5. The van der Waals surface area contributed by atoms with Crippen LogP contribution >= 0.6 is 0 Å². The van der Waals surface area contributed by atoms with E-state index in [4.69, 9.17) is 0 Å². The van der Waals surface area contributed by atoms with Gasteiger partial charge in [0.15, 0.2) is 0 Å². The van der Waals surface area contributed by atoms with E-state index in [1.54, 1.807) is 0 Å². The van der Waals surface area contributed by atoms with E-state index < -0.39 is 0 Å². The fourth-order valence-corrected chi connectivity index (χ4v) is 8.30. The molecule has 0 bridgehead atoms. The van der Waals surface area contributed by atoms with E-state index in [0.29, 0.717) is 23.3 Å². The number of fused-ring (bicyclic) bond motifs is 4. The molecule has 2 aliphatic rings. The molecule has 0 amide bonds. The number of hydrogen-bond acceptors (Lipinski definition) is 2. The smallest absolute Gasteiger partial charge is 0.119 e. The van der Waals surface area contributed by atoms with Crippen molar-refractivity contribution in [1.29, 1.82) is 0 Å². The maximum Gasteiger partial charge on any atom is 0.119 e. The van der Waals surface area contributed by atoms with Crippen LogP contribution < -0.4 is 0 Å². The van der Waals surface area contributed by atoms with Crippen LogP contribution in [0.1, 0.15) is 153 Å². The van der Waals surface area contributed by atoms with Crippen molar-refractivity contribution in [3.05, 3.63) is 57.6 Å². The molecule has 2 N–H and O–H groups in total. The number of phenolic OH excluding ortho intramolecular Hbond substituents is 2. The first-order valence-electron chi connectivity index (χ1n) is 16.2. The van der Waals surface area contributed by atoms with E-state index in [0.717, 1.165) is 49.7 Å². The molecule has 0 aromatic heterocycles. The lowest BCUT2D eigenvalue weighted by molar-refractivity contribution is 0.348. The number of unbranched alkanes of at least 4 members (excludes halogenated alkanes) is 2. The van der Waals surface area contributed by atoms with Crippen LogP contribution in [0.15, 0.2) is 24.3 Å². The first-order valence-corrected chi connectivity index (χ1v) is 16.2. The van der Waals surface area contributed by atoms with Crippen molar-refractivity contribution < 1.29 is 10.2 Å². The minimum Gasteiger partial charge on any atom is -0.508 e. The molecule has 2 unspecified atom stereocenters. The molecule has 1 spiro atoms. The number of aromatic hydroxyl groups is 2. The van der Waals surface area contributed by atoms with Crippen LogP contribution in [0.3, 0.4) is 0 Å². The first-order chi connectivity index (χ1) is 18.4. The summed E-state index contributed by atoms with van der Waals surface area (Å²) < 4.78 is 0. The van der Waals surface area contributed by atoms with Crippen molar-refractivity contribution in [3.63, 3.8) is 0 Å². The maximum atomic E-state index is 11.4. The van der Waals surface area contributed by atoms with E-state index in [-0.39, 0.29) is 16.2 Å². The minimum atomic E-state index is -0.164. The Morgan fingerprint density at radius 3 is 1.33 bits per heavy atom. The van der Waals surface area contributed by atoms with Crippen LogP contribution in [0.2, 0.25) is 0 Å². The van der Waals surface area contributed by atoms with Gasteiger partial charge in [-0.25, -0.2) is 0 Å². The second-order valence-corrected chi connectivity index (χ2v) is 14.5. The molecule has 0 fully saturated rings. The zero-order valence-electron chi connectivity index (χ0n) is 26.3. The van der Waals surface area contributed by atoms with Crippen LogP contribution in [0.4, 0.5) is 0 Å². The highest BCUT2D eigenvalue weighted by molar-refractivity contribution is 5.63. The molecule has 4 rings (SSSR count). The van der Waals surface area contributed by atoms with E-state index in [9.17, 15) is 10.2 Å². The molecule has 2 aromatic carbocycles.